The second-order valence-corrected chi connectivity index (χ2v) is 4.03. The summed E-state index contributed by atoms with van der Waals surface area (Å²) in [5.41, 5.74) is 6.23. The molecule has 1 aromatic heterocycles. The fourth-order valence-electron chi connectivity index (χ4n) is 1.74. The Bertz CT molecular complexity index is 393. The van der Waals surface area contributed by atoms with Crippen molar-refractivity contribution in [2.45, 2.75) is 25.7 Å². The van der Waals surface area contributed by atoms with E-state index in [2.05, 4.69) is 21.8 Å². The largest absolute Gasteiger partial charge is 0.383 e. The highest BCUT2D eigenvalue weighted by Gasteiger charge is 2.12. The summed E-state index contributed by atoms with van der Waals surface area (Å²) < 4.78 is 0. The summed E-state index contributed by atoms with van der Waals surface area (Å²) >= 11 is 5.88. The third-order valence-electron chi connectivity index (χ3n) is 2.59. The van der Waals surface area contributed by atoms with Crippen LogP contribution in [0.5, 0.6) is 0 Å². The van der Waals surface area contributed by atoms with Crippen LogP contribution in [0.2, 0.25) is 5.15 Å². The lowest BCUT2D eigenvalue weighted by atomic mass is 10.1. The first-order valence-electron chi connectivity index (χ1n) is 5.05. The van der Waals surface area contributed by atoms with Gasteiger partial charge in [0.05, 0.1) is 0 Å². The predicted octanol–water partition coefficient (Wildman–Crippen LogP) is 2.25. The molecule has 1 fully saturated rings. The number of nitrogens with two attached hydrogens (primary N) is 1. The first-order chi connectivity index (χ1) is 7.27. The molecule has 2 rings (SSSR count). The number of rotatable bonds is 0. The standard InChI is InChI=1S/C11H12ClN3/c12-10-9(11(13)15-7-14-10)6-5-8-3-1-2-4-8/h7-8H,1-4H2,(H2,13,14,15). The van der Waals surface area contributed by atoms with Gasteiger partial charge in [0, 0.05) is 5.92 Å². The summed E-state index contributed by atoms with van der Waals surface area (Å²) in [7, 11) is 0. The molecule has 0 aliphatic heterocycles. The van der Waals surface area contributed by atoms with Crippen LogP contribution in [0.3, 0.4) is 0 Å². The van der Waals surface area contributed by atoms with Gasteiger partial charge in [-0.1, -0.05) is 36.3 Å². The fourth-order valence-corrected chi connectivity index (χ4v) is 1.92. The maximum atomic E-state index is 5.88. The van der Waals surface area contributed by atoms with Crippen molar-refractivity contribution in [1.29, 1.82) is 0 Å². The van der Waals surface area contributed by atoms with Crippen LogP contribution in [0.25, 0.3) is 0 Å². The molecule has 0 radical (unpaired) electrons. The van der Waals surface area contributed by atoms with E-state index in [1.165, 1.54) is 32.0 Å². The average Bonchev–Trinajstić information content (AvgIpc) is 2.70. The van der Waals surface area contributed by atoms with Gasteiger partial charge in [0.2, 0.25) is 0 Å². The molecule has 4 heteroatoms. The van der Waals surface area contributed by atoms with Crippen LogP contribution >= 0.6 is 11.6 Å². The van der Waals surface area contributed by atoms with Gasteiger partial charge in [-0.15, -0.1) is 0 Å². The van der Waals surface area contributed by atoms with Crippen molar-refractivity contribution in [2.24, 2.45) is 5.92 Å². The van der Waals surface area contributed by atoms with Crippen LogP contribution < -0.4 is 5.73 Å². The Labute approximate surface area is 94.1 Å². The maximum absolute atomic E-state index is 5.88. The Morgan fingerprint density at radius 1 is 1.33 bits per heavy atom. The van der Waals surface area contributed by atoms with E-state index in [1.807, 2.05) is 0 Å². The van der Waals surface area contributed by atoms with Gasteiger partial charge in [-0.2, -0.15) is 0 Å². The maximum Gasteiger partial charge on any atom is 0.150 e. The van der Waals surface area contributed by atoms with Gasteiger partial charge in [0.1, 0.15) is 22.9 Å². The summed E-state index contributed by atoms with van der Waals surface area (Å²) in [6.45, 7) is 0. The van der Waals surface area contributed by atoms with Crippen molar-refractivity contribution in [2.75, 3.05) is 5.73 Å². The van der Waals surface area contributed by atoms with E-state index >= 15 is 0 Å². The topological polar surface area (TPSA) is 51.8 Å². The first kappa shape index (κ1) is 10.3. The molecule has 0 spiro atoms. The molecular weight excluding hydrogens is 210 g/mol. The zero-order chi connectivity index (χ0) is 10.7. The van der Waals surface area contributed by atoms with E-state index < -0.39 is 0 Å². The molecule has 78 valence electrons. The minimum absolute atomic E-state index is 0.341. The van der Waals surface area contributed by atoms with Crippen molar-refractivity contribution >= 4 is 17.4 Å². The molecular formula is C11H12ClN3. The lowest BCUT2D eigenvalue weighted by molar-refractivity contribution is 0.712. The second kappa shape index (κ2) is 4.50. The highest BCUT2D eigenvalue weighted by atomic mass is 35.5. The van der Waals surface area contributed by atoms with E-state index in [-0.39, 0.29) is 0 Å². The molecule has 0 unspecified atom stereocenters. The lowest BCUT2D eigenvalue weighted by Crippen LogP contribution is -1.97. The van der Waals surface area contributed by atoms with Gasteiger partial charge >= 0.3 is 0 Å². The summed E-state index contributed by atoms with van der Waals surface area (Å²) in [5, 5.41) is 0.341. The SMILES string of the molecule is Nc1ncnc(Cl)c1C#CC1CCCC1. The van der Waals surface area contributed by atoms with Crippen molar-refractivity contribution in [1.82, 2.24) is 9.97 Å². The van der Waals surface area contributed by atoms with E-state index in [0.717, 1.165) is 0 Å². The molecule has 0 atom stereocenters. The van der Waals surface area contributed by atoms with E-state index in [9.17, 15) is 0 Å². The van der Waals surface area contributed by atoms with Crippen LogP contribution in [-0.2, 0) is 0 Å². The smallest absolute Gasteiger partial charge is 0.150 e. The number of halogens is 1. The Morgan fingerprint density at radius 3 is 2.73 bits per heavy atom. The van der Waals surface area contributed by atoms with Crippen LogP contribution in [-0.4, -0.2) is 9.97 Å². The highest BCUT2D eigenvalue weighted by molar-refractivity contribution is 6.30. The Morgan fingerprint density at radius 2 is 2.07 bits per heavy atom. The average molecular weight is 222 g/mol. The second-order valence-electron chi connectivity index (χ2n) is 3.68. The van der Waals surface area contributed by atoms with Gasteiger partial charge in [0.15, 0.2) is 0 Å². The summed E-state index contributed by atoms with van der Waals surface area (Å²) in [5.74, 6) is 7.02. The molecule has 1 heterocycles. The quantitative estimate of drug-likeness (QED) is 0.540. The molecule has 0 saturated heterocycles. The number of hydrogen-bond donors (Lipinski definition) is 1. The minimum atomic E-state index is 0.341. The summed E-state index contributed by atoms with van der Waals surface area (Å²) in [6.07, 6.45) is 6.25. The van der Waals surface area contributed by atoms with Gasteiger partial charge in [-0.3, -0.25) is 0 Å². The number of hydrogen-bond acceptors (Lipinski definition) is 3. The monoisotopic (exact) mass is 221 g/mol. The Hall–Kier alpha value is -1.27. The highest BCUT2D eigenvalue weighted by Crippen LogP contribution is 2.24. The molecule has 1 aliphatic rings. The third kappa shape index (κ3) is 2.40. The van der Waals surface area contributed by atoms with Gasteiger partial charge < -0.3 is 5.73 Å². The fraction of sp³-hybridized carbons (Fsp3) is 0.455. The normalized spacial score (nSPS) is 16.1. The molecule has 1 aromatic rings. The van der Waals surface area contributed by atoms with Crippen molar-refractivity contribution in [3.63, 3.8) is 0 Å². The predicted molar refractivity (Wildman–Crippen MR) is 60.3 cm³/mol. The first-order valence-corrected chi connectivity index (χ1v) is 5.42. The van der Waals surface area contributed by atoms with Crippen LogP contribution in [0.4, 0.5) is 5.82 Å². The van der Waals surface area contributed by atoms with E-state index in [0.29, 0.717) is 22.5 Å². The van der Waals surface area contributed by atoms with E-state index in [4.69, 9.17) is 17.3 Å². The van der Waals surface area contributed by atoms with Crippen LogP contribution in [0.15, 0.2) is 6.33 Å². The third-order valence-corrected chi connectivity index (χ3v) is 2.87. The Balaban J connectivity index is 2.22. The lowest BCUT2D eigenvalue weighted by Gasteiger charge is -1.99. The summed E-state index contributed by atoms with van der Waals surface area (Å²) in [6, 6.07) is 0. The zero-order valence-electron chi connectivity index (χ0n) is 8.33. The summed E-state index contributed by atoms with van der Waals surface area (Å²) in [4.78, 5) is 7.72. The zero-order valence-corrected chi connectivity index (χ0v) is 9.09. The molecule has 0 aromatic carbocycles. The number of nitrogens with zero attached hydrogens (tertiary/aromatic N) is 2. The Kier molecular flexibility index (Phi) is 3.08. The molecule has 15 heavy (non-hydrogen) atoms. The number of aromatic nitrogens is 2. The van der Waals surface area contributed by atoms with Gasteiger partial charge in [-0.05, 0) is 12.8 Å². The molecule has 0 bridgehead atoms. The molecule has 0 amide bonds. The van der Waals surface area contributed by atoms with Crippen LogP contribution in [0.1, 0.15) is 31.2 Å². The minimum Gasteiger partial charge on any atom is -0.383 e. The van der Waals surface area contributed by atoms with Gasteiger partial charge in [-0.25, -0.2) is 9.97 Å². The van der Waals surface area contributed by atoms with Gasteiger partial charge in [0.25, 0.3) is 0 Å². The molecule has 2 N–H and O–H groups in total. The number of anilines is 1. The van der Waals surface area contributed by atoms with E-state index in [1.54, 1.807) is 0 Å². The molecule has 1 aliphatic carbocycles. The van der Waals surface area contributed by atoms with Crippen molar-refractivity contribution in [3.8, 4) is 11.8 Å². The molecule has 3 nitrogen and oxygen atoms in total. The van der Waals surface area contributed by atoms with Crippen LogP contribution in [0, 0.1) is 17.8 Å². The molecule has 1 saturated carbocycles. The van der Waals surface area contributed by atoms with Crippen molar-refractivity contribution in [3.05, 3.63) is 17.0 Å². The van der Waals surface area contributed by atoms with Crippen molar-refractivity contribution < 1.29 is 0 Å². The number of nitrogen functional groups attached to an aromatic ring is 1.